The monoisotopic (exact) mass is 1380 g/mol. The summed E-state index contributed by atoms with van der Waals surface area (Å²) in [7, 11) is 0. The summed E-state index contributed by atoms with van der Waals surface area (Å²) in [6.07, 6.45) is 0. The Morgan fingerprint density at radius 1 is 0.139 bits per heavy atom. The van der Waals surface area contributed by atoms with E-state index in [0.29, 0.717) is 0 Å². The Bertz CT molecular complexity index is 6500. The van der Waals surface area contributed by atoms with Gasteiger partial charge in [-0.15, -0.1) is 0 Å². The van der Waals surface area contributed by atoms with Crippen molar-refractivity contribution in [3.8, 4) is 77.9 Å². The summed E-state index contributed by atoms with van der Waals surface area (Å²) in [4.78, 5) is 4.67. The molecule has 21 aromatic rings. The number of fused-ring (bicyclic) bond motifs is 12. The molecular weight excluding hydrogens is 1320 g/mol. The van der Waals surface area contributed by atoms with E-state index in [0.717, 1.165) is 178 Å². The predicted molar refractivity (Wildman–Crippen MR) is 449 cm³/mol. The van der Waals surface area contributed by atoms with Gasteiger partial charge in [0.2, 0.25) is 0 Å². The number of anilines is 6. The van der Waals surface area contributed by atoms with Gasteiger partial charge in [-0.2, -0.15) is 0 Å². The van der Waals surface area contributed by atoms with Crippen LogP contribution >= 0.6 is 0 Å². The Morgan fingerprint density at radius 2 is 0.352 bits per heavy atom. The predicted octanol–water partition coefficient (Wildman–Crippen LogP) is 29.6. The molecule has 6 heteroatoms. The average Bonchev–Trinajstić information content (AvgIpc) is 1.48. The molecule has 0 radical (unpaired) electrons. The van der Waals surface area contributed by atoms with Crippen LogP contribution < -0.4 is 9.80 Å². The summed E-state index contributed by atoms with van der Waals surface area (Å²) >= 11 is 0. The molecule has 21 rings (SSSR count). The normalized spacial score (nSPS) is 11.5. The Hall–Kier alpha value is -14.5. The van der Waals surface area contributed by atoms with Crippen molar-refractivity contribution in [1.82, 2.24) is 0 Å². The molecule has 0 aliphatic rings. The van der Waals surface area contributed by atoms with E-state index in [1.165, 1.54) is 22.3 Å². The van der Waals surface area contributed by atoms with Crippen LogP contribution in [0.2, 0.25) is 0 Å². The van der Waals surface area contributed by atoms with Crippen LogP contribution in [0.4, 0.5) is 34.1 Å². The Labute approximate surface area is 623 Å². The highest BCUT2D eigenvalue weighted by Gasteiger charge is 2.22. The van der Waals surface area contributed by atoms with E-state index in [2.05, 4.69) is 362 Å². The number of hydrogen-bond donors (Lipinski definition) is 0. The molecule has 0 N–H and O–H groups in total. The van der Waals surface area contributed by atoms with Crippen LogP contribution in [0, 0.1) is 0 Å². The van der Waals surface area contributed by atoms with Crippen molar-refractivity contribution in [3.63, 3.8) is 0 Å². The van der Waals surface area contributed by atoms with E-state index in [-0.39, 0.29) is 0 Å². The van der Waals surface area contributed by atoms with E-state index in [4.69, 9.17) is 17.7 Å². The third kappa shape index (κ3) is 11.5. The van der Waals surface area contributed by atoms with E-state index < -0.39 is 0 Å². The van der Waals surface area contributed by atoms with E-state index in [1.807, 2.05) is 48.5 Å². The maximum absolute atomic E-state index is 6.44. The van der Waals surface area contributed by atoms with Gasteiger partial charge in [0.05, 0.1) is 0 Å². The first-order chi connectivity index (χ1) is 53.5. The third-order valence-corrected chi connectivity index (χ3v) is 21.0. The Kier molecular flexibility index (Phi) is 15.8. The Morgan fingerprint density at radius 3 is 0.630 bits per heavy atom. The Balaban J connectivity index is 0.000000143. The fourth-order valence-corrected chi connectivity index (χ4v) is 15.7. The quantitative estimate of drug-likeness (QED) is 0.115. The molecule has 4 aromatic heterocycles. The second kappa shape index (κ2) is 27.0. The molecule has 0 amide bonds. The summed E-state index contributed by atoms with van der Waals surface area (Å²) in [5.41, 5.74) is 29.3. The van der Waals surface area contributed by atoms with Crippen molar-refractivity contribution in [2.24, 2.45) is 0 Å². The molecule has 508 valence electrons. The SMILES string of the molecule is c1ccc(-c2cc(-c3ccccc3)cc(N(c3ccc(-c4cccc5c4oc4ccccc45)cc3)c3ccc(-c4cccc5c4oc4ccccc45)cc3)c2)cc1.c1ccc(-c2ccc(N(c3ccc(-c4cccc5c4oc4ccccc45)cc3)c3ccc(-c4cccc5c4oc4ccccc45)cc3)cc2)cc1. The van der Waals surface area contributed by atoms with Crippen molar-refractivity contribution in [2.45, 2.75) is 0 Å². The van der Waals surface area contributed by atoms with E-state index >= 15 is 0 Å². The minimum Gasteiger partial charge on any atom is -0.455 e. The van der Waals surface area contributed by atoms with Crippen LogP contribution in [0.15, 0.2) is 418 Å². The molecule has 0 saturated heterocycles. The minimum absolute atomic E-state index is 0.898. The molecule has 0 atom stereocenters. The molecule has 4 heterocycles. The van der Waals surface area contributed by atoms with Crippen LogP contribution in [0.25, 0.3) is 166 Å². The molecule has 0 spiro atoms. The summed E-state index contributed by atoms with van der Waals surface area (Å²) in [5, 5.41) is 9.04. The van der Waals surface area contributed by atoms with Gasteiger partial charge in [-0.05, 0) is 159 Å². The van der Waals surface area contributed by atoms with Crippen molar-refractivity contribution in [2.75, 3.05) is 9.80 Å². The molecule has 0 aliphatic carbocycles. The highest BCUT2D eigenvalue weighted by molar-refractivity contribution is 6.13. The maximum atomic E-state index is 6.44. The van der Waals surface area contributed by atoms with Crippen molar-refractivity contribution >= 4 is 122 Å². The smallest absolute Gasteiger partial charge is 0.143 e. The van der Waals surface area contributed by atoms with Crippen molar-refractivity contribution < 1.29 is 17.7 Å². The highest BCUT2D eigenvalue weighted by Crippen LogP contribution is 2.46. The number of benzene rings is 17. The maximum Gasteiger partial charge on any atom is 0.143 e. The van der Waals surface area contributed by atoms with E-state index in [1.54, 1.807) is 0 Å². The molecular formula is C102H66N2O4. The molecule has 0 unspecified atom stereocenters. The molecule has 6 nitrogen and oxygen atoms in total. The topological polar surface area (TPSA) is 59.0 Å². The zero-order chi connectivity index (χ0) is 71.4. The zero-order valence-corrected chi connectivity index (χ0v) is 58.6. The average molecular weight is 1380 g/mol. The third-order valence-electron chi connectivity index (χ3n) is 21.0. The number of hydrogen-bond acceptors (Lipinski definition) is 6. The molecule has 0 fully saturated rings. The lowest BCUT2D eigenvalue weighted by Crippen LogP contribution is -2.10. The molecule has 0 bridgehead atoms. The molecule has 108 heavy (non-hydrogen) atoms. The fourth-order valence-electron chi connectivity index (χ4n) is 15.7. The lowest BCUT2D eigenvalue weighted by molar-refractivity contribution is 0.669. The first-order valence-corrected chi connectivity index (χ1v) is 36.6. The van der Waals surface area contributed by atoms with Gasteiger partial charge < -0.3 is 27.5 Å². The van der Waals surface area contributed by atoms with Gasteiger partial charge in [0, 0.05) is 99.5 Å². The highest BCUT2D eigenvalue weighted by atomic mass is 16.3. The summed E-state index contributed by atoms with van der Waals surface area (Å²) < 4.78 is 25.6. The summed E-state index contributed by atoms with van der Waals surface area (Å²) in [5.74, 6) is 0. The number of furan rings is 4. The van der Waals surface area contributed by atoms with Gasteiger partial charge in [-0.1, -0.05) is 297 Å². The zero-order valence-electron chi connectivity index (χ0n) is 58.6. The minimum atomic E-state index is 0.898. The fraction of sp³-hybridized carbons (Fsp3) is 0. The van der Waals surface area contributed by atoms with Gasteiger partial charge >= 0.3 is 0 Å². The molecule has 17 aromatic carbocycles. The second-order valence-corrected chi connectivity index (χ2v) is 27.4. The van der Waals surface area contributed by atoms with Crippen LogP contribution in [0.1, 0.15) is 0 Å². The second-order valence-electron chi connectivity index (χ2n) is 27.4. The first kappa shape index (κ1) is 63.2. The number of rotatable bonds is 13. The summed E-state index contributed by atoms with van der Waals surface area (Å²) in [6.45, 7) is 0. The standard InChI is InChI=1S/C54H35NO2.C48H31NO2/c1-3-13-36(14-4-1)40-33-41(37-15-5-2-6-16-37)35-44(34-40)55(42-29-25-38(26-30-42)45-19-11-21-49-47-17-7-9-23-51(47)56-53(45)49)43-31-27-39(28-32-43)46-20-12-22-50-48-18-8-10-24-52(48)57-54(46)50;1-2-10-32(11-3-1)33-20-26-36(27-21-33)49(37-28-22-34(23-29-37)39-14-8-16-43-41-12-4-6-18-45(41)50-47(39)43)38-30-24-35(25-31-38)40-15-9-17-44-42-13-5-7-19-46(42)51-48(40)44/h1-35H;1-31H. The van der Waals surface area contributed by atoms with Crippen LogP contribution in [0.5, 0.6) is 0 Å². The van der Waals surface area contributed by atoms with Gasteiger partial charge in [0.1, 0.15) is 44.7 Å². The van der Waals surface area contributed by atoms with Gasteiger partial charge in [-0.3, -0.25) is 0 Å². The lowest BCUT2D eigenvalue weighted by atomic mass is 9.97. The number of nitrogens with zero attached hydrogens (tertiary/aromatic N) is 2. The molecule has 0 saturated carbocycles. The van der Waals surface area contributed by atoms with Crippen LogP contribution in [0.3, 0.4) is 0 Å². The van der Waals surface area contributed by atoms with E-state index in [9.17, 15) is 0 Å². The number of para-hydroxylation sites is 8. The van der Waals surface area contributed by atoms with Gasteiger partial charge in [0.25, 0.3) is 0 Å². The largest absolute Gasteiger partial charge is 0.455 e. The van der Waals surface area contributed by atoms with Crippen molar-refractivity contribution in [3.05, 3.63) is 400 Å². The van der Waals surface area contributed by atoms with Crippen LogP contribution in [-0.2, 0) is 0 Å². The first-order valence-electron chi connectivity index (χ1n) is 36.6. The summed E-state index contributed by atoms with van der Waals surface area (Å²) in [6, 6.07) is 141. The van der Waals surface area contributed by atoms with Gasteiger partial charge in [0.15, 0.2) is 0 Å². The van der Waals surface area contributed by atoms with Crippen LogP contribution in [-0.4, -0.2) is 0 Å². The molecule has 0 aliphatic heterocycles. The van der Waals surface area contributed by atoms with Crippen molar-refractivity contribution in [1.29, 1.82) is 0 Å². The lowest BCUT2D eigenvalue weighted by Gasteiger charge is -2.27. The van der Waals surface area contributed by atoms with Gasteiger partial charge in [-0.25, -0.2) is 0 Å².